The zero-order valence-electron chi connectivity index (χ0n) is 3.78. The van der Waals surface area contributed by atoms with E-state index < -0.39 is 0 Å². The van der Waals surface area contributed by atoms with Crippen LogP contribution < -0.4 is 0 Å². The molecule has 0 unspecified atom stereocenters. The van der Waals surface area contributed by atoms with Gasteiger partial charge in [-0.2, -0.15) is 0 Å². The van der Waals surface area contributed by atoms with Crippen LogP contribution in [0.2, 0.25) is 0 Å². The van der Waals surface area contributed by atoms with Gasteiger partial charge in [-0.1, -0.05) is 12.2 Å². The van der Waals surface area contributed by atoms with E-state index in [2.05, 4.69) is 12.2 Å². The first-order valence-corrected chi connectivity index (χ1v) is 2.15. The van der Waals surface area contributed by atoms with Crippen molar-refractivity contribution in [1.29, 1.82) is 0 Å². The summed E-state index contributed by atoms with van der Waals surface area (Å²) in [5.41, 5.74) is 0. The molecule has 1 aliphatic carbocycles. The first-order valence-electron chi connectivity index (χ1n) is 2.15. The summed E-state index contributed by atoms with van der Waals surface area (Å²) in [5.74, 6) is 0. The van der Waals surface area contributed by atoms with Crippen LogP contribution in [-0.2, 0) is 0 Å². The van der Waals surface area contributed by atoms with E-state index >= 15 is 0 Å². The number of hydrogen-bond acceptors (Lipinski definition) is 0. The van der Waals surface area contributed by atoms with Crippen LogP contribution in [-0.4, -0.2) is 23.9 Å². The van der Waals surface area contributed by atoms with E-state index in [1.54, 1.807) is 0 Å². The Morgan fingerprint density at radius 1 is 1.00 bits per heavy atom. The predicted octanol–water partition coefficient (Wildman–Crippen LogP) is 1.35. The zero-order valence-corrected chi connectivity index (χ0v) is 6.63. The van der Waals surface area contributed by atoms with Crippen LogP contribution >= 0.6 is 0 Å². The van der Waals surface area contributed by atoms with Gasteiger partial charge in [0.2, 0.25) is 0 Å². The Hall–Kier alpha value is 0.539. The summed E-state index contributed by atoms with van der Waals surface area (Å²) in [7, 11) is 0. The molecule has 0 aromatic heterocycles. The smallest absolute Gasteiger partial charge is 0 e. The molecule has 4 radical (unpaired) electrons. The van der Waals surface area contributed by atoms with Gasteiger partial charge < -0.3 is 0 Å². The van der Waals surface area contributed by atoms with Gasteiger partial charge >= 0.3 is 0 Å². The number of hydrogen-bond donors (Lipinski definition) is 0. The average Bonchev–Trinajstić information content (AvgIpc) is 1.76. The minimum absolute atomic E-state index is 0. The van der Waals surface area contributed by atoms with Gasteiger partial charge in [-0.3, -0.25) is 0 Å². The van der Waals surface area contributed by atoms with E-state index in [4.69, 9.17) is 0 Å². The standard InChI is InChI=1S/C5H8.Sn/c1-2-4-5-3-1;/h1-2H,3-5H2;. The second kappa shape index (κ2) is 3.72. The normalized spacial score (nSPS) is 17.3. The molecule has 0 heterocycles. The van der Waals surface area contributed by atoms with Crippen molar-refractivity contribution in [2.75, 3.05) is 0 Å². The summed E-state index contributed by atoms with van der Waals surface area (Å²) in [6.07, 6.45) is 8.50. The van der Waals surface area contributed by atoms with Gasteiger partial charge in [0.25, 0.3) is 0 Å². The molecule has 0 N–H and O–H groups in total. The first kappa shape index (κ1) is 6.54. The fraction of sp³-hybridized carbons (Fsp3) is 0.600. The van der Waals surface area contributed by atoms with Gasteiger partial charge in [-0.25, -0.2) is 0 Å². The second-order valence-corrected chi connectivity index (χ2v) is 1.40. The van der Waals surface area contributed by atoms with Gasteiger partial charge in [0.1, 0.15) is 0 Å². The zero-order chi connectivity index (χ0) is 3.54. The summed E-state index contributed by atoms with van der Waals surface area (Å²) in [5, 5.41) is 0. The molecule has 32 valence electrons. The number of rotatable bonds is 0. The van der Waals surface area contributed by atoms with Crippen LogP contribution in [0.4, 0.5) is 0 Å². The van der Waals surface area contributed by atoms with E-state index in [9.17, 15) is 0 Å². The van der Waals surface area contributed by atoms with Crippen LogP contribution in [0.25, 0.3) is 0 Å². The maximum absolute atomic E-state index is 2.24. The second-order valence-electron chi connectivity index (χ2n) is 1.40. The maximum Gasteiger partial charge on any atom is 0 e. The first-order chi connectivity index (χ1) is 2.50. The molecule has 0 spiro atoms. The molecule has 0 aromatic carbocycles. The summed E-state index contributed by atoms with van der Waals surface area (Å²) in [6, 6.07) is 0. The molecule has 0 aromatic rings. The van der Waals surface area contributed by atoms with E-state index in [0.717, 1.165) is 0 Å². The van der Waals surface area contributed by atoms with Crippen LogP contribution in [0, 0.1) is 0 Å². The van der Waals surface area contributed by atoms with E-state index in [-0.39, 0.29) is 23.9 Å². The monoisotopic (exact) mass is 188 g/mol. The third-order valence-corrected chi connectivity index (χ3v) is 0.908. The predicted molar refractivity (Wildman–Crippen MR) is 28.7 cm³/mol. The average molecular weight is 187 g/mol. The Kier molecular flexibility index (Phi) is 4.05. The van der Waals surface area contributed by atoms with Crippen molar-refractivity contribution in [3.63, 3.8) is 0 Å². The Morgan fingerprint density at radius 3 is 1.67 bits per heavy atom. The third-order valence-electron chi connectivity index (χ3n) is 0.908. The molecular weight excluding hydrogens is 179 g/mol. The molecule has 0 bridgehead atoms. The quantitative estimate of drug-likeness (QED) is 0.396. The minimum atomic E-state index is 0. The van der Waals surface area contributed by atoms with Crippen molar-refractivity contribution in [1.82, 2.24) is 0 Å². The van der Waals surface area contributed by atoms with E-state index in [1.807, 2.05) is 0 Å². The minimum Gasteiger partial charge on any atom is -0.0885 e. The molecule has 0 atom stereocenters. The van der Waals surface area contributed by atoms with Crippen molar-refractivity contribution in [2.24, 2.45) is 0 Å². The van der Waals surface area contributed by atoms with Gasteiger partial charge in [-0.05, 0) is 19.3 Å². The van der Waals surface area contributed by atoms with Crippen LogP contribution in [0.15, 0.2) is 12.2 Å². The molecule has 1 rings (SSSR count). The fourth-order valence-corrected chi connectivity index (χ4v) is 0.589. The van der Waals surface area contributed by atoms with Crippen molar-refractivity contribution in [3.8, 4) is 0 Å². The van der Waals surface area contributed by atoms with E-state index in [1.165, 1.54) is 19.3 Å². The molecule has 0 aliphatic heterocycles. The van der Waals surface area contributed by atoms with Crippen molar-refractivity contribution < 1.29 is 0 Å². The SMILES string of the molecule is C1=CCCC1.[Sn]. The summed E-state index contributed by atoms with van der Waals surface area (Å²) >= 11 is 0. The Balaban J connectivity index is 0.000000250. The molecule has 0 nitrogen and oxygen atoms in total. The van der Waals surface area contributed by atoms with Gasteiger partial charge in [-0.15, -0.1) is 0 Å². The van der Waals surface area contributed by atoms with Crippen molar-refractivity contribution in [2.45, 2.75) is 19.3 Å². The van der Waals surface area contributed by atoms with Crippen LogP contribution in [0.5, 0.6) is 0 Å². The Bertz CT molecular complexity index is 41.9. The Morgan fingerprint density at radius 2 is 1.50 bits per heavy atom. The molecule has 0 saturated heterocycles. The van der Waals surface area contributed by atoms with Crippen LogP contribution in [0.1, 0.15) is 19.3 Å². The molecule has 1 aliphatic rings. The fourth-order valence-electron chi connectivity index (χ4n) is 0.589. The molecule has 0 amide bonds. The number of allylic oxidation sites excluding steroid dienone is 2. The van der Waals surface area contributed by atoms with Crippen LogP contribution in [0.3, 0.4) is 0 Å². The summed E-state index contributed by atoms with van der Waals surface area (Å²) in [6.45, 7) is 0. The van der Waals surface area contributed by atoms with Gasteiger partial charge in [0.15, 0.2) is 0 Å². The van der Waals surface area contributed by atoms with Crippen molar-refractivity contribution >= 4 is 23.9 Å². The molecule has 1 heteroatoms. The molecular formula is C5H8Sn. The Labute approximate surface area is 55.6 Å². The molecule has 0 fully saturated rings. The van der Waals surface area contributed by atoms with E-state index in [0.29, 0.717) is 0 Å². The molecule has 0 saturated carbocycles. The third kappa shape index (κ3) is 1.85. The summed E-state index contributed by atoms with van der Waals surface area (Å²) in [4.78, 5) is 0. The topological polar surface area (TPSA) is 0 Å². The largest absolute Gasteiger partial charge is 0.0885 e. The summed E-state index contributed by atoms with van der Waals surface area (Å²) < 4.78 is 0. The van der Waals surface area contributed by atoms with Gasteiger partial charge in [0, 0.05) is 23.9 Å². The molecule has 6 heavy (non-hydrogen) atoms. The maximum atomic E-state index is 2.24. The van der Waals surface area contributed by atoms with Crippen molar-refractivity contribution in [3.05, 3.63) is 12.2 Å². The van der Waals surface area contributed by atoms with Gasteiger partial charge in [0.05, 0.1) is 0 Å².